The van der Waals surface area contributed by atoms with Crippen LogP contribution in [-0.4, -0.2) is 67.2 Å². The first-order valence-corrected chi connectivity index (χ1v) is 9.83. The normalized spacial score (nSPS) is 17.3. The number of carboxylic acids is 1. The van der Waals surface area contributed by atoms with E-state index in [0.717, 1.165) is 0 Å². The topological polar surface area (TPSA) is 104 Å². The SMILES string of the molecule is CCS(=O)(=O)NC(CCSC)C(=O)N1CC(CC(=O)O)C1. The molecule has 0 spiro atoms. The van der Waals surface area contributed by atoms with Gasteiger partial charge in [0.1, 0.15) is 6.04 Å². The Bertz CT molecular complexity index is 474. The van der Waals surface area contributed by atoms with Crippen molar-refractivity contribution in [3.05, 3.63) is 0 Å². The Morgan fingerprint density at radius 2 is 2.05 bits per heavy atom. The van der Waals surface area contributed by atoms with Gasteiger partial charge < -0.3 is 10.0 Å². The van der Waals surface area contributed by atoms with Crippen LogP contribution in [0.25, 0.3) is 0 Å². The zero-order valence-corrected chi connectivity index (χ0v) is 13.9. The van der Waals surface area contributed by atoms with Crippen molar-refractivity contribution in [3.63, 3.8) is 0 Å². The molecule has 0 aromatic heterocycles. The van der Waals surface area contributed by atoms with Gasteiger partial charge in [-0.15, -0.1) is 0 Å². The maximum absolute atomic E-state index is 12.3. The third-order valence-corrected chi connectivity index (χ3v) is 5.39. The fourth-order valence-corrected chi connectivity index (χ4v) is 3.41. The van der Waals surface area contributed by atoms with Crippen molar-refractivity contribution in [1.82, 2.24) is 9.62 Å². The molecule has 9 heteroatoms. The number of thioether (sulfide) groups is 1. The molecular weight excluding hydrogens is 316 g/mol. The van der Waals surface area contributed by atoms with E-state index in [4.69, 9.17) is 5.11 Å². The molecule has 1 aliphatic heterocycles. The molecule has 1 atom stereocenters. The second kappa shape index (κ2) is 8.00. The Kier molecular flexibility index (Phi) is 6.95. The number of aliphatic carboxylic acids is 1. The summed E-state index contributed by atoms with van der Waals surface area (Å²) >= 11 is 1.54. The van der Waals surface area contributed by atoms with Crippen LogP contribution < -0.4 is 4.72 Å². The summed E-state index contributed by atoms with van der Waals surface area (Å²) in [6, 6.07) is -0.756. The lowest BCUT2D eigenvalue weighted by Gasteiger charge is -2.40. The number of carbonyl (C=O) groups is 2. The van der Waals surface area contributed by atoms with Crippen LogP contribution in [0.3, 0.4) is 0 Å². The van der Waals surface area contributed by atoms with Gasteiger partial charge in [0.05, 0.1) is 12.2 Å². The van der Waals surface area contributed by atoms with Gasteiger partial charge in [-0.05, 0) is 25.4 Å². The van der Waals surface area contributed by atoms with Gasteiger partial charge in [0.25, 0.3) is 0 Å². The number of hydrogen-bond acceptors (Lipinski definition) is 5. The van der Waals surface area contributed by atoms with Gasteiger partial charge in [-0.25, -0.2) is 13.1 Å². The van der Waals surface area contributed by atoms with Crippen LogP contribution in [0, 0.1) is 5.92 Å². The molecule has 0 aromatic carbocycles. The molecule has 1 amide bonds. The van der Waals surface area contributed by atoms with Crippen LogP contribution in [0.4, 0.5) is 0 Å². The molecule has 1 fully saturated rings. The van der Waals surface area contributed by atoms with E-state index in [9.17, 15) is 18.0 Å². The number of sulfonamides is 1. The Morgan fingerprint density at radius 3 is 2.52 bits per heavy atom. The van der Waals surface area contributed by atoms with Crippen molar-refractivity contribution >= 4 is 33.7 Å². The Hall–Kier alpha value is -0.800. The second-order valence-corrected chi connectivity index (χ2v) is 8.09. The lowest BCUT2D eigenvalue weighted by molar-refractivity contribution is -0.146. The molecule has 0 radical (unpaired) electrons. The molecule has 1 heterocycles. The van der Waals surface area contributed by atoms with E-state index in [1.165, 1.54) is 11.8 Å². The molecule has 122 valence electrons. The quantitative estimate of drug-likeness (QED) is 0.612. The second-order valence-electron chi connectivity index (χ2n) is 5.06. The molecule has 21 heavy (non-hydrogen) atoms. The highest BCUT2D eigenvalue weighted by Gasteiger charge is 2.36. The number of nitrogens with one attached hydrogen (secondary N) is 1. The monoisotopic (exact) mass is 338 g/mol. The number of carboxylic acid groups (broad SMARTS) is 1. The van der Waals surface area contributed by atoms with Crippen molar-refractivity contribution in [3.8, 4) is 0 Å². The molecule has 0 saturated carbocycles. The van der Waals surface area contributed by atoms with Gasteiger partial charge in [-0.2, -0.15) is 11.8 Å². The summed E-state index contributed by atoms with van der Waals surface area (Å²) in [5, 5.41) is 8.69. The number of rotatable bonds is 9. The predicted octanol–water partition coefficient (Wildman–Crippen LogP) is -0.0195. The molecule has 0 aromatic rings. The van der Waals surface area contributed by atoms with Crippen LogP contribution >= 0.6 is 11.8 Å². The van der Waals surface area contributed by atoms with Crippen molar-refractivity contribution in [2.75, 3.05) is 30.9 Å². The lowest BCUT2D eigenvalue weighted by Crippen LogP contribution is -2.57. The highest BCUT2D eigenvalue weighted by Crippen LogP contribution is 2.21. The van der Waals surface area contributed by atoms with Crippen LogP contribution in [-0.2, 0) is 19.6 Å². The van der Waals surface area contributed by atoms with Crippen molar-refractivity contribution in [2.24, 2.45) is 5.92 Å². The van der Waals surface area contributed by atoms with Gasteiger partial charge in [0.15, 0.2) is 0 Å². The van der Waals surface area contributed by atoms with Crippen molar-refractivity contribution < 1.29 is 23.1 Å². The summed E-state index contributed by atoms with van der Waals surface area (Å²) in [5.74, 6) is -0.567. The highest BCUT2D eigenvalue weighted by molar-refractivity contribution is 7.98. The molecule has 7 nitrogen and oxygen atoms in total. The van der Waals surface area contributed by atoms with E-state index >= 15 is 0 Å². The molecule has 1 saturated heterocycles. The van der Waals surface area contributed by atoms with E-state index in [2.05, 4.69) is 4.72 Å². The summed E-state index contributed by atoms with van der Waals surface area (Å²) in [6.07, 6.45) is 2.36. The maximum Gasteiger partial charge on any atom is 0.303 e. The first kappa shape index (κ1) is 18.2. The molecule has 2 N–H and O–H groups in total. The van der Waals surface area contributed by atoms with Crippen molar-refractivity contribution in [1.29, 1.82) is 0 Å². The zero-order valence-electron chi connectivity index (χ0n) is 12.2. The van der Waals surface area contributed by atoms with E-state index in [0.29, 0.717) is 25.3 Å². The maximum atomic E-state index is 12.3. The molecule has 0 aliphatic carbocycles. The Morgan fingerprint density at radius 1 is 1.43 bits per heavy atom. The number of nitrogens with zero attached hydrogens (tertiary/aromatic N) is 1. The van der Waals surface area contributed by atoms with E-state index in [1.54, 1.807) is 11.8 Å². The fraction of sp³-hybridized carbons (Fsp3) is 0.833. The van der Waals surface area contributed by atoms with Crippen LogP contribution in [0.1, 0.15) is 19.8 Å². The summed E-state index contributed by atoms with van der Waals surface area (Å²) in [4.78, 5) is 24.4. The lowest BCUT2D eigenvalue weighted by atomic mass is 9.95. The van der Waals surface area contributed by atoms with E-state index in [-0.39, 0.29) is 24.0 Å². The molecule has 0 bridgehead atoms. The number of hydrogen-bond donors (Lipinski definition) is 2. The summed E-state index contributed by atoms with van der Waals surface area (Å²) in [6.45, 7) is 2.29. The molecular formula is C12H22N2O5S2. The first-order valence-electron chi connectivity index (χ1n) is 6.78. The van der Waals surface area contributed by atoms with Crippen LogP contribution in [0.15, 0.2) is 0 Å². The summed E-state index contributed by atoms with van der Waals surface area (Å²) in [5.41, 5.74) is 0. The standard InChI is InChI=1S/C12H22N2O5S2/c1-3-21(18,19)13-10(4-5-20-2)12(17)14-7-9(8-14)6-11(15)16/h9-10,13H,3-8H2,1-2H3,(H,15,16). The zero-order chi connectivity index (χ0) is 16.0. The van der Waals surface area contributed by atoms with Gasteiger partial charge in [0, 0.05) is 19.0 Å². The summed E-state index contributed by atoms with van der Waals surface area (Å²) in [7, 11) is -3.45. The van der Waals surface area contributed by atoms with Crippen LogP contribution in [0.2, 0.25) is 0 Å². The predicted molar refractivity (Wildman–Crippen MR) is 81.7 cm³/mol. The van der Waals surface area contributed by atoms with E-state index in [1.807, 2.05) is 6.26 Å². The van der Waals surface area contributed by atoms with Gasteiger partial charge in [0.2, 0.25) is 15.9 Å². The minimum atomic E-state index is -3.45. The molecule has 1 unspecified atom stereocenters. The average molecular weight is 338 g/mol. The summed E-state index contributed by atoms with van der Waals surface area (Å²) < 4.78 is 25.7. The third kappa shape index (κ3) is 5.84. The van der Waals surface area contributed by atoms with Crippen LogP contribution in [0.5, 0.6) is 0 Å². The van der Waals surface area contributed by atoms with Gasteiger partial charge in [-0.1, -0.05) is 0 Å². The first-order chi connectivity index (χ1) is 9.79. The largest absolute Gasteiger partial charge is 0.481 e. The number of carbonyl (C=O) groups excluding carboxylic acids is 1. The average Bonchev–Trinajstić information content (AvgIpc) is 2.37. The van der Waals surface area contributed by atoms with E-state index < -0.39 is 22.0 Å². The Labute approximate surface area is 129 Å². The van der Waals surface area contributed by atoms with Gasteiger partial charge in [-0.3, -0.25) is 9.59 Å². The minimum absolute atomic E-state index is 0.0320. The smallest absolute Gasteiger partial charge is 0.303 e. The third-order valence-electron chi connectivity index (χ3n) is 3.34. The molecule has 1 rings (SSSR count). The number of likely N-dealkylation sites (tertiary alicyclic amines) is 1. The minimum Gasteiger partial charge on any atom is -0.481 e. The highest BCUT2D eigenvalue weighted by atomic mass is 32.2. The van der Waals surface area contributed by atoms with Gasteiger partial charge >= 0.3 is 5.97 Å². The number of amides is 1. The van der Waals surface area contributed by atoms with Crippen molar-refractivity contribution in [2.45, 2.75) is 25.8 Å². The fourth-order valence-electron chi connectivity index (χ4n) is 2.11. The Balaban J connectivity index is 2.59. The molecule has 1 aliphatic rings.